The van der Waals surface area contributed by atoms with Crippen LogP contribution in [-0.4, -0.2) is 17.9 Å². The van der Waals surface area contributed by atoms with Crippen LogP contribution in [-0.2, 0) is 9.53 Å². The van der Waals surface area contributed by atoms with E-state index in [1.165, 1.54) is 18.2 Å². The minimum atomic E-state index is -1.06. The Hall–Kier alpha value is -3.41. The minimum absolute atomic E-state index is 0.0283. The van der Waals surface area contributed by atoms with Gasteiger partial charge in [0.05, 0.1) is 0 Å². The summed E-state index contributed by atoms with van der Waals surface area (Å²) in [5.74, 6) is -1.08. The number of nitrogens with one attached hydrogen (secondary N) is 1. The molecular weight excluding hydrogens is 361 g/mol. The molecule has 2 aromatic carbocycles. The molecule has 0 radical (unpaired) electrons. The zero-order valence-electron chi connectivity index (χ0n) is 14.9. The summed E-state index contributed by atoms with van der Waals surface area (Å²) in [6.07, 6.45) is 0.801. The lowest BCUT2D eigenvalue weighted by atomic mass is 10.1. The molecule has 28 heavy (non-hydrogen) atoms. The number of amides is 1. The lowest BCUT2D eigenvalue weighted by Crippen LogP contribution is -2.33. The third-order valence-corrected chi connectivity index (χ3v) is 4.42. The van der Waals surface area contributed by atoms with Gasteiger partial charge in [-0.2, -0.15) is 0 Å². The smallest absolute Gasteiger partial charge is 0.375 e. The third-order valence-electron chi connectivity index (χ3n) is 4.42. The molecule has 1 fully saturated rings. The topological polar surface area (TPSA) is 68.5 Å². The summed E-state index contributed by atoms with van der Waals surface area (Å²) in [5.41, 5.74) is 1.21. The predicted molar refractivity (Wildman–Crippen MR) is 99.9 cm³/mol. The molecular formula is C22H18FNO4. The maximum atomic E-state index is 13.1. The highest BCUT2D eigenvalue weighted by atomic mass is 19.1. The van der Waals surface area contributed by atoms with Crippen molar-refractivity contribution < 1.29 is 23.1 Å². The van der Waals surface area contributed by atoms with Crippen molar-refractivity contribution >= 4 is 11.9 Å². The van der Waals surface area contributed by atoms with Crippen LogP contribution in [0.2, 0.25) is 0 Å². The fraction of sp³-hybridized carbons (Fsp3) is 0.182. The fourth-order valence-corrected chi connectivity index (χ4v) is 2.79. The Morgan fingerprint density at radius 1 is 1.00 bits per heavy atom. The molecule has 1 unspecified atom stereocenters. The summed E-state index contributed by atoms with van der Waals surface area (Å²) >= 11 is 0. The van der Waals surface area contributed by atoms with Gasteiger partial charge in [0.25, 0.3) is 5.91 Å². The average molecular weight is 379 g/mol. The lowest BCUT2D eigenvalue weighted by Gasteiger charge is -2.17. The van der Waals surface area contributed by atoms with Gasteiger partial charge in [-0.05, 0) is 49.2 Å². The standard InChI is InChI=1S/C22H18FNO4/c23-16-8-6-14(7-9-16)18-12-13-19(27-18)22(26)28-20(15-4-2-1-3-5-15)21(25)24-17-10-11-17/h1-9,12-13,17,20H,10-11H2,(H,24,25). The number of furan rings is 1. The maximum Gasteiger partial charge on any atom is 0.375 e. The van der Waals surface area contributed by atoms with E-state index in [1.54, 1.807) is 42.5 Å². The molecule has 1 saturated carbocycles. The van der Waals surface area contributed by atoms with Crippen LogP contribution in [0.15, 0.2) is 71.1 Å². The van der Waals surface area contributed by atoms with Crippen molar-refractivity contribution in [1.29, 1.82) is 0 Å². The highest BCUT2D eigenvalue weighted by molar-refractivity contribution is 5.91. The quantitative estimate of drug-likeness (QED) is 0.650. The van der Waals surface area contributed by atoms with Crippen LogP contribution in [0, 0.1) is 5.82 Å². The second-order valence-corrected chi connectivity index (χ2v) is 6.65. The van der Waals surface area contributed by atoms with Crippen molar-refractivity contribution in [2.24, 2.45) is 0 Å². The molecule has 0 saturated heterocycles. The monoisotopic (exact) mass is 379 g/mol. The fourth-order valence-electron chi connectivity index (χ4n) is 2.79. The van der Waals surface area contributed by atoms with Gasteiger partial charge in [-0.3, -0.25) is 4.79 Å². The van der Waals surface area contributed by atoms with Crippen molar-refractivity contribution in [1.82, 2.24) is 5.32 Å². The molecule has 0 spiro atoms. The number of rotatable bonds is 6. The molecule has 1 amide bonds. The number of halogens is 1. The molecule has 1 aliphatic rings. The molecule has 1 aromatic heterocycles. The molecule has 5 nitrogen and oxygen atoms in total. The molecule has 6 heteroatoms. The van der Waals surface area contributed by atoms with Crippen LogP contribution in [0.5, 0.6) is 0 Å². The van der Waals surface area contributed by atoms with Gasteiger partial charge in [-0.15, -0.1) is 0 Å². The Balaban J connectivity index is 1.52. The Morgan fingerprint density at radius 2 is 1.71 bits per heavy atom. The summed E-state index contributed by atoms with van der Waals surface area (Å²) in [6.45, 7) is 0. The molecule has 1 heterocycles. The highest BCUT2D eigenvalue weighted by Gasteiger charge is 2.31. The first-order valence-electron chi connectivity index (χ1n) is 9.02. The van der Waals surface area contributed by atoms with Crippen LogP contribution in [0.25, 0.3) is 11.3 Å². The maximum absolute atomic E-state index is 13.1. The van der Waals surface area contributed by atoms with E-state index < -0.39 is 12.1 Å². The molecule has 142 valence electrons. The molecule has 0 aliphatic heterocycles. The van der Waals surface area contributed by atoms with E-state index in [1.807, 2.05) is 6.07 Å². The van der Waals surface area contributed by atoms with Crippen molar-refractivity contribution in [2.45, 2.75) is 25.0 Å². The van der Waals surface area contributed by atoms with Gasteiger partial charge >= 0.3 is 5.97 Å². The van der Waals surface area contributed by atoms with Crippen LogP contribution in [0.4, 0.5) is 4.39 Å². The zero-order valence-corrected chi connectivity index (χ0v) is 14.9. The largest absolute Gasteiger partial charge is 0.449 e. The first-order valence-corrected chi connectivity index (χ1v) is 9.02. The Bertz CT molecular complexity index is 977. The van der Waals surface area contributed by atoms with E-state index in [4.69, 9.17) is 9.15 Å². The number of carbonyl (C=O) groups excluding carboxylic acids is 2. The van der Waals surface area contributed by atoms with Crippen LogP contribution < -0.4 is 5.32 Å². The molecule has 3 aromatic rings. The van der Waals surface area contributed by atoms with E-state index in [0.29, 0.717) is 16.9 Å². The number of hydrogen-bond acceptors (Lipinski definition) is 4. The zero-order chi connectivity index (χ0) is 19.5. The van der Waals surface area contributed by atoms with Crippen LogP contribution in [0.3, 0.4) is 0 Å². The summed E-state index contributed by atoms with van der Waals surface area (Å²) in [7, 11) is 0. The van der Waals surface area contributed by atoms with Gasteiger partial charge in [-0.1, -0.05) is 30.3 Å². The summed E-state index contributed by atoms with van der Waals surface area (Å²) in [5, 5.41) is 2.86. The summed E-state index contributed by atoms with van der Waals surface area (Å²) in [4.78, 5) is 25.1. The molecule has 4 rings (SSSR count). The van der Waals surface area contributed by atoms with Crippen molar-refractivity contribution in [3.05, 3.63) is 83.9 Å². The van der Waals surface area contributed by atoms with Crippen molar-refractivity contribution in [3.8, 4) is 11.3 Å². The van der Waals surface area contributed by atoms with Gasteiger partial charge in [0.1, 0.15) is 11.6 Å². The number of carbonyl (C=O) groups is 2. The Morgan fingerprint density at radius 3 is 2.39 bits per heavy atom. The number of benzene rings is 2. The van der Waals surface area contributed by atoms with Crippen LogP contribution >= 0.6 is 0 Å². The van der Waals surface area contributed by atoms with Gasteiger partial charge in [0.2, 0.25) is 11.9 Å². The van der Waals surface area contributed by atoms with Crippen molar-refractivity contribution in [3.63, 3.8) is 0 Å². The van der Waals surface area contributed by atoms with E-state index in [9.17, 15) is 14.0 Å². The lowest BCUT2D eigenvalue weighted by molar-refractivity contribution is -0.130. The van der Waals surface area contributed by atoms with Gasteiger partial charge in [0, 0.05) is 17.2 Å². The average Bonchev–Trinajstić information content (AvgIpc) is 3.38. The summed E-state index contributed by atoms with van der Waals surface area (Å²) in [6, 6.07) is 17.8. The Labute approximate surface area is 161 Å². The van der Waals surface area contributed by atoms with Gasteiger partial charge in [0.15, 0.2) is 0 Å². The van der Waals surface area contributed by atoms with Gasteiger partial charge < -0.3 is 14.5 Å². The van der Waals surface area contributed by atoms with E-state index in [-0.39, 0.29) is 23.5 Å². The van der Waals surface area contributed by atoms with E-state index in [0.717, 1.165) is 12.8 Å². The normalized spacial score (nSPS) is 14.3. The van der Waals surface area contributed by atoms with E-state index in [2.05, 4.69) is 5.32 Å². The third kappa shape index (κ3) is 4.11. The number of esters is 1. The SMILES string of the molecule is O=C(OC(C(=O)NC1CC1)c1ccccc1)c1ccc(-c2ccc(F)cc2)o1. The predicted octanol–water partition coefficient (Wildman–Crippen LogP) is 4.26. The number of ether oxygens (including phenoxy) is 1. The van der Waals surface area contributed by atoms with Crippen LogP contribution in [0.1, 0.15) is 35.1 Å². The van der Waals surface area contributed by atoms with Crippen molar-refractivity contribution in [2.75, 3.05) is 0 Å². The second kappa shape index (κ2) is 7.68. The molecule has 1 aliphatic carbocycles. The van der Waals surface area contributed by atoms with Gasteiger partial charge in [-0.25, -0.2) is 9.18 Å². The summed E-state index contributed by atoms with van der Waals surface area (Å²) < 4.78 is 24.1. The Kier molecular flexibility index (Phi) is 4.93. The first-order chi connectivity index (χ1) is 13.6. The minimum Gasteiger partial charge on any atom is -0.449 e. The first kappa shape index (κ1) is 18.0. The number of hydrogen-bond donors (Lipinski definition) is 1. The highest BCUT2D eigenvalue weighted by Crippen LogP contribution is 2.26. The molecule has 0 bridgehead atoms. The van der Waals surface area contributed by atoms with E-state index >= 15 is 0 Å². The molecule has 1 atom stereocenters. The molecule has 1 N–H and O–H groups in total. The second-order valence-electron chi connectivity index (χ2n) is 6.65.